The molecule has 0 saturated heterocycles. The van der Waals surface area contributed by atoms with E-state index in [1.807, 2.05) is 0 Å². The van der Waals surface area contributed by atoms with Gasteiger partial charge >= 0.3 is 0 Å². The monoisotopic (exact) mass is 240 g/mol. The van der Waals surface area contributed by atoms with Gasteiger partial charge < -0.3 is 16.2 Å². The summed E-state index contributed by atoms with van der Waals surface area (Å²) >= 11 is 0. The van der Waals surface area contributed by atoms with Crippen LogP contribution in [0.3, 0.4) is 0 Å². The average Bonchev–Trinajstić information content (AvgIpc) is 2.84. The highest BCUT2D eigenvalue weighted by atomic mass is 16.3. The first-order valence-electron chi connectivity index (χ1n) is 7.09. The van der Waals surface area contributed by atoms with E-state index in [1.165, 1.54) is 32.1 Å². The molecule has 2 fully saturated rings. The van der Waals surface area contributed by atoms with Gasteiger partial charge in [-0.3, -0.25) is 0 Å². The van der Waals surface area contributed by atoms with Gasteiger partial charge in [0.25, 0.3) is 0 Å². The Morgan fingerprint density at radius 3 is 2.59 bits per heavy atom. The van der Waals surface area contributed by atoms with Gasteiger partial charge in [-0.15, -0.1) is 0 Å². The van der Waals surface area contributed by atoms with Gasteiger partial charge in [0.15, 0.2) is 0 Å². The normalized spacial score (nSPS) is 40.9. The van der Waals surface area contributed by atoms with Crippen LogP contribution in [0, 0.1) is 11.3 Å². The Bertz CT molecular complexity index is 267. The van der Waals surface area contributed by atoms with Crippen molar-refractivity contribution < 1.29 is 5.11 Å². The van der Waals surface area contributed by atoms with Crippen molar-refractivity contribution in [1.82, 2.24) is 5.32 Å². The molecule has 3 unspecified atom stereocenters. The van der Waals surface area contributed by atoms with E-state index in [9.17, 15) is 5.11 Å². The van der Waals surface area contributed by atoms with Gasteiger partial charge in [0.05, 0.1) is 0 Å². The summed E-state index contributed by atoms with van der Waals surface area (Å²) in [4.78, 5) is 0. The van der Waals surface area contributed by atoms with Crippen molar-refractivity contribution in [3.05, 3.63) is 0 Å². The van der Waals surface area contributed by atoms with Crippen LogP contribution in [0.2, 0.25) is 0 Å². The van der Waals surface area contributed by atoms with Gasteiger partial charge in [0.1, 0.15) is 0 Å². The van der Waals surface area contributed by atoms with E-state index < -0.39 is 0 Å². The van der Waals surface area contributed by atoms with Crippen molar-refractivity contribution >= 4 is 0 Å². The summed E-state index contributed by atoms with van der Waals surface area (Å²) in [7, 11) is 0. The fraction of sp³-hybridized carbons (Fsp3) is 1.00. The number of nitrogens with one attached hydrogen (secondary N) is 1. The maximum atomic E-state index is 9.40. The van der Waals surface area contributed by atoms with Crippen molar-refractivity contribution in [2.75, 3.05) is 13.2 Å². The summed E-state index contributed by atoms with van der Waals surface area (Å²) in [5, 5.41) is 13.2. The zero-order valence-corrected chi connectivity index (χ0v) is 11.3. The first-order chi connectivity index (χ1) is 8.00. The van der Waals surface area contributed by atoms with Crippen LogP contribution in [0.25, 0.3) is 0 Å². The fourth-order valence-corrected chi connectivity index (χ4v) is 3.87. The molecule has 100 valence electrons. The lowest BCUT2D eigenvalue weighted by molar-refractivity contribution is 0.175. The second-order valence-corrected chi connectivity index (χ2v) is 6.95. The number of aliphatic hydroxyl groups excluding tert-OH is 1. The maximum Gasteiger partial charge on any atom is 0.0474 e. The predicted molar refractivity (Wildman–Crippen MR) is 70.8 cm³/mol. The van der Waals surface area contributed by atoms with Crippen LogP contribution in [-0.4, -0.2) is 29.8 Å². The SMILES string of the molecule is CC1(C)CCC(CN)(NC2CCCC2CO)C1. The Morgan fingerprint density at radius 1 is 1.29 bits per heavy atom. The minimum Gasteiger partial charge on any atom is -0.396 e. The van der Waals surface area contributed by atoms with Crippen LogP contribution in [0.1, 0.15) is 52.4 Å². The number of hydrogen-bond acceptors (Lipinski definition) is 3. The second kappa shape index (κ2) is 4.87. The third-order valence-corrected chi connectivity index (χ3v) is 4.87. The molecule has 17 heavy (non-hydrogen) atoms. The minimum atomic E-state index is 0.131. The van der Waals surface area contributed by atoms with E-state index in [-0.39, 0.29) is 5.54 Å². The molecule has 0 bridgehead atoms. The van der Waals surface area contributed by atoms with E-state index in [2.05, 4.69) is 19.2 Å². The Hall–Kier alpha value is -0.120. The highest BCUT2D eigenvalue weighted by Crippen LogP contribution is 2.44. The summed E-state index contributed by atoms with van der Waals surface area (Å²) in [6, 6.07) is 0.484. The topological polar surface area (TPSA) is 58.3 Å². The average molecular weight is 240 g/mol. The van der Waals surface area contributed by atoms with Gasteiger partial charge in [-0.05, 0) is 43.4 Å². The number of aliphatic hydroxyl groups is 1. The molecule has 0 amide bonds. The van der Waals surface area contributed by atoms with Gasteiger partial charge in [-0.1, -0.05) is 20.3 Å². The fourth-order valence-electron chi connectivity index (χ4n) is 3.87. The van der Waals surface area contributed by atoms with Crippen LogP contribution in [0.4, 0.5) is 0 Å². The highest BCUT2D eigenvalue weighted by Gasteiger charge is 2.44. The molecule has 0 aromatic rings. The number of hydrogen-bond donors (Lipinski definition) is 3. The Kier molecular flexibility index (Phi) is 3.81. The zero-order chi connectivity index (χ0) is 12.5. The van der Waals surface area contributed by atoms with E-state index >= 15 is 0 Å². The van der Waals surface area contributed by atoms with Gasteiger partial charge in [0.2, 0.25) is 0 Å². The van der Waals surface area contributed by atoms with Crippen molar-refractivity contribution in [2.45, 2.75) is 64.0 Å². The molecule has 2 aliphatic rings. The number of nitrogens with two attached hydrogens (primary N) is 1. The summed E-state index contributed by atoms with van der Waals surface area (Å²) in [5.74, 6) is 0.446. The maximum absolute atomic E-state index is 9.40. The van der Waals surface area contributed by atoms with Gasteiger partial charge in [0, 0.05) is 24.7 Å². The first kappa shape index (κ1) is 13.3. The van der Waals surface area contributed by atoms with Crippen molar-refractivity contribution in [1.29, 1.82) is 0 Å². The molecule has 3 nitrogen and oxygen atoms in total. The smallest absolute Gasteiger partial charge is 0.0474 e. The van der Waals surface area contributed by atoms with Crippen molar-refractivity contribution in [3.63, 3.8) is 0 Å². The lowest BCUT2D eigenvalue weighted by atomic mass is 9.86. The standard InChI is InChI=1S/C14H28N2O/c1-13(2)6-7-14(9-13,10-15)16-12-5-3-4-11(12)8-17/h11-12,16-17H,3-10,15H2,1-2H3. The molecule has 2 rings (SSSR count). The quantitative estimate of drug-likeness (QED) is 0.700. The van der Waals surface area contributed by atoms with E-state index in [0.717, 1.165) is 13.0 Å². The molecule has 4 N–H and O–H groups in total. The van der Waals surface area contributed by atoms with E-state index in [1.54, 1.807) is 0 Å². The predicted octanol–water partition coefficient (Wildman–Crippen LogP) is 1.64. The van der Waals surface area contributed by atoms with Crippen molar-refractivity contribution in [3.8, 4) is 0 Å². The van der Waals surface area contributed by atoms with Crippen LogP contribution < -0.4 is 11.1 Å². The molecule has 2 saturated carbocycles. The van der Waals surface area contributed by atoms with Crippen LogP contribution in [0.5, 0.6) is 0 Å². The molecule has 0 heterocycles. The van der Waals surface area contributed by atoms with E-state index in [0.29, 0.717) is 24.0 Å². The lowest BCUT2D eigenvalue weighted by Gasteiger charge is -2.36. The largest absolute Gasteiger partial charge is 0.396 e. The van der Waals surface area contributed by atoms with Crippen molar-refractivity contribution in [2.24, 2.45) is 17.1 Å². The lowest BCUT2D eigenvalue weighted by Crippen LogP contribution is -2.55. The van der Waals surface area contributed by atoms with E-state index in [4.69, 9.17) is 5.73 Å². The Balaban J connectivity index is 2.00. The summed E-state index contributed by atoms with van der Waals surface area (Å²) < 4.78 is 0. The number of rotatable bonds is 4. The first-order valence-corrected chi connectivity index (χ1v) is 7.09. The third-order valence-electron chi connectivity index (χ3n) is 4.87. The molecule has 2 aliphatic carbocycles. The summed E-state index contributed by atoms with van der Waals surface area (Å²) in [5.41, 5.74) is 6.58. The van der Waals surface area contributed by atoms with Gasteiger partial charge in [-0.2, -0.15) is 0 Å². The molecule has 0 aliphatic heterocycles. The highest BCUT2D eigenvalue weighted by molar-refractivity contribution is 5.03. The minimum absolute atomic E-state index is 0.131. The molecule has 0 aromatic heterocycles. The summed E-state index contributed by atoms with van der Waals surface area (Å²) in [6.45, 7) is 5.72. The summed E-state index contributed by atoms with van der Waals surface area (Å²) in [6.07, 6.45) is 7.22. The van der Waals surface area contributed by atoms with Crippen LogP contribution >= 0.6 is 0 Å². The molecular formula is C14H28N2O. The Labute approximate surface area is 105 Å². The molecule has 0 spiro atoms. The zero-order valence-electron chi connectivity index (χ0n) is 11.3. The van der Waals surface area contributed by atoms with Crippen LogP contribution in [-0.2, 0) is 0 Å². The molecule has 0 aromatic carbocycles. The second-order valence-electron chi connectivity index (χ2n) is 6.95. The molecule has 3 atom stereocenters. The molecule has 3 heteroatoms. The molecular weight excluding hydrogens is 212 g/mol. The third kappa shape index (κ3) is 2.83. The van der Waals surface area contributed by atoms with Gasteiger partial charge in [-0.25, -0.2) is 0 Å². The van der Waals surface area contributed by atoms with Crippen LogP contribution in [0.15, 0.2) is 0 Å². The molecule has 0 radical (unpaired) electrons. The Morgan fingerprint density at radius 2 is 2.06 bits per heavy atom.